The number of alkyl halides is 3. The number of aryl methyl sites for hydroxylation is 4. The summed E-state index contributed by atoms with van der Waals surface area (Å²) < 4.78 is 48.4. The molecule has 8 nitrogen and oxygen atoms in total. The van der Waals surface area contributed by atoms with Crippen LogP contribution in [0.2, 0.25) is 0 Å². The van der Waals surface area contributed by atoms with Gasteiger partial charge in [-0.2, -0.15) is 27.6 Å². The molecule has 0 aliphatic carbocycles. The molecule has 0 bridgehead atoms. The first-order chi connectivity index (χ1) is 15.6. The zero-order chi connectivity index (χ0) is 23.9. The highest BCUT2D eigenvalue weighted by atomic mass is 19.4. The molecule has 0 fully saturated rings. The second kappa shape index (κ2) is 8.23. The molecule has 2 aromatic carbocycles. The van der Waals surface area contributed by atoms with Crippen molar-refractivity contribution in [2.45, 2.75) is 26.6 Å². The van der Waals surface area contributed by atoms with Gasteiger partial charge in [0.2, 0.25) is 0 Å². The molecular weight excluding hydrogens is 437 g/mol. The van der Waals surface area contributed by atoms with Gasteiger partial charge in [-0.1, -0.05) is 12.1 Å². The maximum atomic E-state index is 13.1. The van der Waals surface area contributed by atoms with Crippen molar-refractivity contribution in [1.82, 2.24) is 29.6 Å². The van der Waals surface area contributed by atoms with Gasteiger partial charge in [0.05, 0.1) is 11.4 Å². The Morgan fingerprint density at radius 3 is 2.33 bits per heavy atom. The van der Waals surface area contributed by atoms with Gasteiger partial charge < -0.3 is 4.74 Å². The first-order valence-electron chi connectivity index (χ1n) is 9.99. The van der Waals surface area contributed by atoms with E-state index in [0.29, 0.717) is 17.0 Å². The lowest BCUT2D eigenvalue weighted by atomic mass is 10.1. The van der Waals surface area contributed by atoms with E-state index in [1.54, 1.807) is 31.2 Å². The van der Waals surface area contributed by atoms with Crippen molar-refractivity contribution in [3.63, 3.8) is 0 Å². The van der Waals surface area contributed by atoms with Crippen molar-refractivity contribution in [3.8, 4) is 22.7 Å². The molecule has 2 heterocycles. The third-order valence-corrected chi connectivity index (χ3v) is 5.35. The Balaban J connectivity index is 1.60. The topological polar surface area (TPSA) is 79.8 Å². The molecular formula is C22H21F3N6O2. The summed E-state index contributed by atoms with van der Waals surface area (Å²) >= 11 is 0. The maximum absolute atomic E-state index is 13.1. The van der Waals surface area contributed by atoms with Gasteiger partial charge in [0, 0.05) is 25.2 Å². The molecule has 0 saturated carbocycles. The first-order valence-corrected chi connectivity index (χ1v) is 9.99. The van der Waals surface area contributed by atoms with E-state index in [2.05, 4.69) is 15.5 Å². The number of hydrogen-bond acceptors (Lipinski definition) is 5. The zero-order valence-electron chi connectivity index (χ0n) is 18.4. The van der Waals surface area contributed by atoms with Crippen LogP contribution in [0.1, 0.15) is 22.4 Å². The van der Waals surface area contributed by atoms with E-state index in [1.165, 1.54) is 18.8 Å². The summed E-state index contributed by atoms with van der Waals surface area (Å²) in [6.45, 7) is 3.87. The quantitative estimate of drug-likeness (QED) is 0.457. The van der Waals surface area contributed by atoms with Crippen LogP contribution in [-0.4, -0.2) is 29.6 Å². The highest BCUT2D eigenvalue weighted by Crippen LogP contribution is 2.33. The minimum absolute atomic E-state index is 0.160. The molecule has 172 valence electrons. The Labute approximate surface area is 186 Å². The molecule has 0 radical (unpaired) electrons. The average molecular weight is 458 g/mol. The molecule has 4 rings (SSSR count). The third kappa shape index (κ3) is 4.26. The Morgan fingerprint density at radius 2 is 1.73 bits per heavy atom. The van der Waals surface area contributed by atoms with Crippen LogP contribution in [0.25, 0.3) is 16.9 Å². The van der Waals surface area contributed by atoms with E-state index < -0.39 is 11.9 Å². The Bertz CT molecular complexity index is 1380. The number of tetrazole rings is 1. The van der Waals surface area contributed by atoms with Crippen LogP contribution in [0, 0.1) is 13.8 Å². The van der Waals surface area contributed by atoms with Gasteiger partial charge in [-0.3, -0.25) is 4.68 Å². The summed E-state index contributed by atoms with van der Waals surface area (Å²) in [5, 5.41) is 11.6. The summed E-state index contributed by atoms with van der Waals surface area (Å²) in [5.41, 5.74) is 2.55. The summed E-state index contributed by atoms with van der Waals surface area (Å²) in [5.74, 6) is 0.562. The standard InChI is InChI=1S/C22H21F3N6O2/c1-13-6-5-7-18(31-21(32)30(4)27-28-31)16(13)12-33-19-9-8-15(10-14(19)2)17-11-20(22(23,24)25)29(3)26-17/h5-11H,12H2,1-4H3. The molecule has 0 atom stereocenters. The van der Waals surface area contributed by atoms with E-state index in [4.69, 9.17) is 4.74 Å². The lowest BCUT2D eigenvalue weighted by Gasteiger charge is -2.14. The molecule has 0 saturated heterocycles. The number of halogens is 3. The Morgan fingerprint density at radius 1 is 0.970 bits per heavy atom. The second-order valence-electron chi connectivity index (χ2n) is 7.67. The van der Waals surface area contributed by atoms with Crippen molar-refractivity contribution in [2.75, 3.05) is 0 Å². The molecule has 0 aliphatic rings. The van der Waals surface area contributed by atoms with Crippen molar-refractivity contribution < 1.29 is 17.9 Å². The van der Waals surface area contributed by atoms with Crippen molar-refractivity contribution in [2.24, 2.45) is 14.1 Å². The van der Waals surface area contributed by atoms with Crippen LogP contribution < -0.4 is 10.4 Å². The van der Waals surface area contributed by atoms with Gasteiger partial charge >= 0.3 is 11.9 Å². The molecule has 2 aromatic heterocycles. The molecule has 0 N–H and O–H groups in total. The van der Waals surface area contributed by atoms with Crippen LogP contribution in [0.15, 0.2) is 47.3 Å². The Kier molecular flexibility index (Phi) is 5.56. The minimum Gasteiger partial charge on any atom is -0.489 e. The van der Waals surface area contributed by atoms with Crippen molar-refractivity contribution in [3.05, 3.63) is 75.3 Å². The summed E-state index contributed by atoms with van der Waals surface area (Å²) in [7, 11) is 2.78. The first kappa shape index (κ1) is 22.3. The van der Waals surface area contributed by atoms with Crippen LogP contribution in [0.4, 0.5) is 13.2 Å². The van der Waals surface area contributed by atoms with E-state index in [-0.39, 0.29) is 18.0 Å². The largest absolute Gasteiger partial charge is 0.489 e. The summed E-state index contributed by atoms with van der Waals surface area (Å²) in [6.07, 6.45) is -4.48. The van der Waals surface area contributed by atoms with E-state index in [0.717, 1.165) is 32.1 Å². The molecule has 4 aromatic rings. The zero-order valence-corrected chi connectivity index (χ0v) is 18.4. The number of benzene rings is 2. The molecule has 33 heavy (non-hydrogen) atoms. The molecule has 0 aliphatic heterocycles. The normalized spacial score (nSPS) is 11.7. The number of hydrogen-bond donors (Lipinski definition) is 0. The van der Waals surface area contributed by atoms with E-state index in [9.17, 15) is 18.0 Å². The molecule has 11 heteroatoms. The highest BCUT2D eigenvalue weighted by Gasteiger charge is 2.35. The van der Waals surface area contributed by atoms with Gasteiger partial charge in [-0.15, -0.1) is 0 Å². The second-order valence-corrected chi connectivity index (χ2v) is 7.67. The van der Waals surface area contributed by atoms with Crippen molar-refractivity contribution >= 4 is 0 Å². The van der Waals surface area contributed by atoms with Crippen LogP contribution >= 0.6 is 0 Å². The molecule has 0 spiro atoms. The molecule has 0 unspecified atom stereocenters. The van der Waals surface area contributed by atoms with Crippen LogP contribution in [0.5, 0.6) is 5.75 Å². The fourth-order valence-corrected chi connectivity index (χ4v) is 3.53. The van der Waals surface area contributed by atoms with E-state index in [1.807, 2.05) is 19.1 Å². The van der Waals surface area contributed by atoms with Gasteiger partial charge in [-0.05, 0) is 65.7 Å². The van der Waals surface area contributed by atoms with Gasteiger partial charge in [0.15, 0.2) is 0 Å². The summed E-state index contributed by atoms with van der Waals surface area (Å²) in [4.78, 5) is 12.3. The fourth-order valence-electron chi connectivity index (χ4n) is 3.53. The van der Waals surface area contributed by atoms with Crippen molar-refractivity contribution in [1.29, 1.82) is 0 Å². The van der Waals surface area contributed by atoms with Gasteiger partial charge in [0.25, 0.3) is 0 Å². The summed E-state index contributed by atoms with van der Waals surface area (Å²) in [6, 6.07) is 11.6. The number of ether oxygens (including phenoxy) is 1. The average Bonchev–Trinajstić information content (AvgIpc) is 3.30. The van der Waals surface area contributed by atoms with Crippen LogP contribution in [-0.2, 0) is 26.9 Å². The predicted octanol–water partition coefficient (Wildman–Crippen LogP) is 3.58. The monoisotopic (exact) mass is 458 g/mol. The lowest BCUT2D eigenvalue weighted by Crippen LogP contribution is -2.23. The van der Waals surface area contributed by atoms with Gasteiger partial charge in [0.1, 0.15) is 18.1 Å². The highest BCUT2D eigenvalue weighted by molar-refractivity contribution is 5.62. The Hall–Kier alpha value is -3.89. The minimum atomic E-state index is -4.48. The SMILES string of the molecule is Cc1cc(-c2cc(C(F)(F)F)n(C)n2)ccc1OCc1c(C)cccc1-n1nnn(C)c1=O. The third-order valence-electron chi connectivity index (χ3n) is 5.35. The number of aromatic nitrogens is 6. The fraction of sp³-hybridized carbons (Fsp3) is 0.273. The van der Waals surface area contributed by atoms with Crippen LogP contribution in [0.3, 0.4) is 0 Å². The number of nitrogens with zero attached hydrogens (tertiary/aromatic N) is 6. The maximum Gasteiger partial charge on any atom is 0.433 e. The number of rotatable bonds is 5. The molecule has 0 amide bonds. The van der Waals surface area contributed by atoms with Gasteiger partial charge in [-0.25, -0.2) is 4.79 Å². The smallest absolute Gasteiger partial charge is 0.433 e. The predicted molar refractivity (Wildman–Crippen MR) is 114 cm³/mol. The lowest BCUT2D eigenvalue weighted by molar-refractivity contribution is -0.143. The van der Waals surface area contributed by atoms with E-state index >= 15 is 0 Å².